The molecular weight excluding hydrogens is 190 g/mol. The molecular formula is C12H15NO2. The number of rotatable bonds is 1. The molecule has 1 aromatic rings. The highest BCUT2D eigenvalue weighted by Gasteiger charge is 2.19. The lowest BCUT2D eigenvalue weighted by atomic mass is 10.0. The molecule has 0 heterocycles. The van der Waals surface area contributed by atoms with Crippen molar-refractivity contribution in [3.05, 3.63) is 29.3 Å². The zero-order valence-electron chi connectivity index (χ0n) is 9.04. The van der Waals surface area contributed by atoms with Crippen LogP contribution in [0.1, 0.15) is 30.4 Å². The zero-order valence-corrected chi connectivity index (χ0v) is 9.04. The minimum atomic E-state index is -0.416. The predicted octanol–water partition coefficient (Wildman–Crippen LogP) is 2.45. The van der Waals surface area contributed by atoms with E-state index in [1.807, 2.05) is 12.1 Å². The molecule has 0 aliphatic heterocycles. The summed E-state index contributed by atoms with van der Waals surface area (Å²) in [5.74, 6) is 1.20. The van der Waals surface area contributed by atoms with Gasteiger partial charge in [0.25, 0.3) is 0 Å². The summed E-state index contributed by atoms with van der Waals surface area (Å²) in [4.78, 5) is 11.0. The molecule has 1 aromatic carbocycles. The summed E-state index contributed by atoms with van der Waals surface area (Å²) in [5.41, 5.74) is 2.70. The van der Waals surface area contributed by atoms with Gasteiger partial charge in [0.2, 0.25) is 0 Å². The van der Waals surface area contributed by atoms with Gasteiger partial charge < -0.3 is 10.1 Å². The topological polar surface area (TPSA) is 38.3 Å². The average Bonchev–Trinajstić information content (AvgIpc) is 2.60. The van der Waals surface area contributed by atoms with Crippen molar-refractivity contribution in [3.8, 4) is 5.75 Å². The second kappa shape index (κ2) is 3.93. The summed E-state index contributed by atoms with van der Waals surface area (Å²) in [6, 6.07) is 5.88. The van der Waals surface area contributed by atoms with Gasteiger partial charge in [0, 0.05) is 7.05 Å². The summed E-state index contributed by atoms with van der Waals surface area (Å²) in [6.07, 6.45) is 1.91. The number of amides is 1. The summed E-state index contributed by atoms with van der Waals surface area (Å²) < 4.78 is 5.09. The molecule has 1 amide bonds. The molecule has 1 unspecified atom stereocenters. The molecule has 0 saturated heterocycles. The van der Waals surface area contributed by atoms with E-state index in [1.165, 1.54) is 17.5 Å². The van der Waals surface area contributed by atoms with Crippen LogP contribution in [0.5, 0.6) is 5.75 Å². The maximum Gasteiger partial charge on any atom is 0.412 e. The molecule has 0 saturated carbocycles. The van der Waals surface area contributed by atoms with E-state index in [1.54, 1.807) is 7.05 Å². The number of aryl methyl sites for hydroxylation is 1. The lowest BCUT2D eigenvalue weighted by molar-refractivity contribution is 0.203. The molecule has 3 heteroatoms. The third-order valence-corrected chi connectivity index (χ3v) is 2.91. The fourth-order valence-corrected chi connectivity index (χ4v) is 2.01. The van der Waals surface area contributed by atoms with Crippen molar-refractivity contribution >= 4 is 6.09 Å². The van der Waals surface area contributed by atoms with Gasteiger partial charge in [0.15, 0.2) is 0 Å². The highest BCUT2D eigenvalue weighted by atomic mass is 16.5. The van der Waals surface area contributed by atoms with E-state index in [0.29, 0.717) is 11.7 Å². The number of benzene rings is 1. The van der Waals surface area contributed by atoms with Gasteiger partial charge in [-0.3, -0.25) is 0 Å². The van der Waals surface area contributed by atoms with E-state index >= 15 is 0 Å². The van der Waals surface area contributed by atoms with Gasteiger partial charge in [0.05, 0.1) is 0 Å². The number of carbonyl (C=O) groups excluding carboxylic acids is 1. The van der Waals surface area contributed by atoms with Crippen LogP contribution in [0.3, 0.4) is 0 Å². The number of fused-ring (bicyclic) bond motifs is 1. The van der Waals surface area contributed by atoms with E-state index in [0.717, 1.165) is 6.42 Å². The second-order valence-corrected chi connectivity index (χ2v) is 3.94. The van der Waals surface area contributed by atoms with E-state index in [2.05, 4.69) is 18.3 Å². The highest BCUT2D eigenvalue weighted by Crippen LogP contribution is 2.34. The summed E-state index contributed by atoms with van der Waals surface area (Å²) >= 11 is 0. The Labute approximate surface area is 89.4 Å². The second-order valence-electron chi connectivity index (χ2n) is 3.94. The van der Waals surface area contributed by atoms with Gasteiger partial charge in [-0.2, -0.15) is 0 Å². The summed E-state index contributed by atoms with van der Waals surface area (Å²) in [5, 5.41) is 2.43. The fourth-order valence-electron chi connectivity index (χ4n) is 2.01. The lowest BCUT2D eigenvalue weighted by Gasteiger charge is -2.08. The maximum atomic E-state index is 11.0. The van der Waals surface area contributed by atoms with Crippen LogP contribution in [0.2, 0.25) is 0 Å². The van der Waals surface area contributed by atoms with Crippen LogP contribution in [-0.2, 0) is 6.42 Å². The predicted molar refractivity (Wildman–Crippen MR) is 58.3 cm³/mol. The van der Waals surface area contributed by atoms with Crippen molar-refractivity contribution in [3.63, 3.8) is 0 Å². The fraction of sp³-hybridized carbons (Fsp3) is 0.417. The molecule has 80 valence electrons. The Hall–Kier alpha value is -1.51. The Bertz CT molecular complexity index is 387. The van der Waals surface area contributed by atoms with Gasteiger partial charge in [-0.25, -0.2) is 4.79 Å². The highest BCUT2D eigenvalue weighted by molar-refractivity contribution is 5.70. The van der Waals surface area contributed by atoms with Gasteiger partial charge in [-0.15, -0.1) is 0 Å². The first kappa shape index (κ1) is 10.0. The third kappa shape index (κ3) is 1.96. The molecule has 3 nitrogen and oxygen atoms in total. The van der Waals surface area contributed by atoms with Crippen LogP contribution in [0.15, 0.2) is 18.2 Å². The van der Waals surface area contributed by atoms with Crippen LogP contribution >= 0.6 is 0 Å². The first-order valence-electron chi connectivity index (χ1n) is 5.23. The molecule has 0 aromatic heterocycles. The van der Waals surface area contributed by atoms with Crippen LogP contribution in [-0.4, -0.2) is 13.1 Å². The molecule has 0 spiro atoms. The number of ether oxygens (including phenoxy) is 1. The largest absolute Gasteiger partial charge is 0.412 e. The van der Waals surface area contributed by atoms with Crippen LogP contribution < -0.4 is 10.1 Å². The van der Waals surface area contributed by atoms with E-state index in [4.69, 9.17) is 4.74 Å². The molecule has 0 fully saturated rings. The van der Waals surface area contributed by atoms with Gasteiger partial charge in [-0.1, -0.05) is 13.0 Å². The first-order valence-corrected chi connectivity index (χ1v) is 5.23. The van der Waals surface area contributed by atoms with Crippen molar-refractivity contribution in [2.45, 2.75) is 25.7 Å². The first-order chi connectivity index (χ1) is 7.20. The van der Waals surface area contributed by atoms with Crippen molar-refractivity contribution in [2.24, 2.45) is 0 Å². The SMILES string of the molecule is CNC(=O)Oc1ccc2c(c1)C(C)CC2. The van der Waals surface area contributed by atoms with Crippen LogP contribution in [0.4, 0.5) is 4.79 Å². The van der Waals surface area contributed by atoms with Crippen molar-refractivity contribution in [1.82, 2.24) is 5.32 Å². The molecule has 15 heavy (non-hydrogen) atoms. The maximum absolute atomic E-state index is 11.0. The standard InChI is InChI=1S/C12H15NO2/c1-8-3-4-9-5-6-10(7-11(8)9)15-12(14)13-2/h5-8H,3-4H2,1-2H3,(H,13,14). The Morgan fingerprint density at radius 3 is 3.07 bits per heavy atom. The van der Waals surface area contributed by atoms with E-state index in [9.17, 15) is 4.79 Å². The zero-order chi connectivity index (χ0) is 10.8. The molecule has 1 aliphatic carbocycles. The lowest BCUT2D eigenvalue weighted by Crippen LogP contribution is -2.22. The Morgan fingerprint density at radius 1 is 1.53 bits per heavy atom. The Morgan fingerprint density at radius 2 is 2.33 bits per heavy atom. The summed E-state index contributed by atoms with van der Waals surface area (Å²) in [6.45, 7) is 2.20. The number of hydrogen-bond donors (Lipinski definition) is 1. The monoisotopic (exact) mass is 205 g/mol. The quantitative estimate of drug-likeness (QED) is 0.764. The molecule has 1 atom stereocenters. The smallest absolute Gasteiger partial charge is 0.410 e. The minimum Gasteiger partial charge on any atom is -0.410 e. The molecule has 0 radical (unpaired) electrons. The molecule has 2 rings (SSSR count). The van der Waals surface area contributed by atoms with Gasteiger partial charge >= 0.3 is 6.09 Å². The minimum absolute atomic E-state index is 0.416. The van der Waals surface area contributed by atoms with E-state index < -0.39 is 6.09 Å². The molecule has 0 bridgehead atoms. The number of carbonyl (C=O) groups is 1. The van der Waals surface area contributed by atoms with Gasteiger partial charge in [0.1, 0.15) is 5.75 Å². The Balaban J connectivity index is 2.21. The summed E-state index contributed by atoms with van der Waals surface area (Å²) in [7, 11) is 1.55. The molecule has 1 aliphatic rings. The number of nitrogens with one attached hydrogen (secondary N) is 1. The number of hydrogen-bond acceptors (Lipinski definition) is 2. The molecule has 1 N–H and O–H groups in total. The normalized spacial score (nSPS) is 18.4. The van der Waals surface area contributed by atoms with Crippen LogP contribution in [0.25, 0.3) is 0 Å². The van der Waals surface area contributed by atoms with Crippen molar-refractivity contribution in [2.75, 3.05) is 7.05 Å². The van der Waals surface area contributed by atoms with Crippen molar-refractivity contribution in [1.29, 1.82) is 0 Å². The third-order valence-electron chi connectivity index (χ3n) is 2.91. The van der Waals surface area contributed by atoms with E-state index in [-0.39, 0.29) is 0 Å². The Kier molecular flexibility index (Phi) is 2.62. The van der Waals surface area contributed by atoms with Crippen molar-refractivity contribution < 1.29 is 9.53 Å². The average molecular weight is 205 g/mol. The van der Waals surface area contributed by atoms with Gasteiger partial charge in [-0.05, 0) is 42.0 Å². The van der Waals surface area contributed by atoms with Crippen LogP contribution in [0, 0.1) is 0 Å².